The maximum absolute atomic E-state index is 5.68. The van der Waals surface area contributed by atoms with Crippen LogP contribution in [0.5, 0.6) is 5.75 Å². The number of aliphatic imine (C=N–C) groups is 1. The molecule has 2 unspecified atom stereocenters. The van der Waals surface area contributed by atoms with Gasteiger partial charge in [0.2, 0.25) is 0 Å². The number of halogens is 1. The normalized spacial score (nSPS) is 17.4. The number of nitrogens with zero attached hydrogens (tertiary/aromatic N) is 1. The summed E-state index contributed by atoms with van der Waals surface area (Å²) in [5.41, 5.74) is 3.56. The summed E-state index contributed by atoms with van der Waals surface area (Å²) in [6.45, 7) is 8.75. The molecule has 1 heterocycles. The van der Waals surface area contributed by atoms with Crippen LogP contribution in [0.25, 0.3) is 0 Å². The molecule has 33 heavy (non-hydrogen) atoms. The Balaban J connectivity index is 0.00000385. The predicted octanol–water partition coefficient (Wildman–Crippen LogP) is 4.75. The summed E-state index contributed by atoms with van der Waals surface area (Å²) in [5.74, 6) is 1.66. The first-order chi connectivity index (χ1) is 15.5. The lowest BCUT2D eigenvalue weighted by Crippen LogP contribution is -2.58. The van der Waals surface area contributed by atoms with Crippen LogP contribution in [0, 0.1) is 6.92 Å². The van der Waals surface area contributed by atoms with Gasteiger partial charge in [0.1, 0.15) is 5.75 Å². The van der Waals surface area contributed by atoms with Crippen molar-refractivity contribution in [3.63, 3.8) is 0 Å². The van der Waals surface area contributed by atoms with E-state index < -0.39 is 0 Å². The van der Waals surface area contributed by atoms with Crippen LogP contribution in [0.15, 0.2) is 53.5 Å². The SMILES string of the molecule is CN=C(NCC1(NC(C)c2ccccc2)CCOCC1)NC(C)c1cc(C)ccc1OC.I. The number of methoxy groups -OCH3 is 1. The Bertz CT molecular complexity index is 885. The maximum atomic E-state index is 5.68. The van der Waals surface area contributed by atoms with Gasteiger partial charge in [-0.2, -0.15) is 0 Å². The zero-order valence-electron chi connectivity index (χ0n) is 20.5. The number of nitrogens with one attached hydrogen (secondary N) is 3. The zero-order valence-corrected chi connectivity index (χ0v) is 22.8. The van der Waals surface area contributed by atoms with Gasteiger partial charge in [-0.05, 0) is 45.2 Å². The minimum Gasteiger partial charge on any atom is -0.496 e. The van der Waals surface area contributed by atoms with Gasteiger partial charge in [-0.1, -0.05) is 48.0 Å². The minimum absolute atomic E-state index is 0. The van der Waals surface area contributed by atoms with Crippen LogP contribution in [0.3, 0.4) is 0 Å². The van der Waals surface area contributed by atoms with Gasteiger partial charge in [-0.25, -0.2) is 0 Å². The fourth-order valence-electron chi connectivity index (χ4n) is 4.34. The highest BCUT2D eigenvalue weighted by molar-refractivity contribution is 14.0. The first-order valence-corrected chi connectivity index (χ1v) is 11.5. The molecule has 2 atom stereocenters. The second-order valence-electron chi connectivity index (χ2n) is 8.71. The molecule has 1 saturated heterocycles. The summed E-state index contributed by atoms with van der Waals surface area (Å²) in [6, 6.07) is 17.1. The maximum Gasteiger partial charge on any atom is 0.191 e. The van der Waals surface area contributed by atoms with Gasteiger partial charge in [0, 0.05) is 44.0 Å². The Morgan fingerprint density at radius 3 is 2.42 bits per heavy atom. The third-order valence-electron chi connectivity index (χ3n) is 6.29. The molecule has 0 amide bonds. The average molecular weight is 567 g/mol. The first kappa shape index (κ1) is 27.4. The molecule has 0 spiro atoms. The molecular formula is C26H39IN4O2. The minimum atomic E-state index is -0.0601. The predicted molar refractivity (Wildman–Crippen MR) is 147 cm³/mol. The molecule has 0 aromatic heterocycles. The molecule has 182 valence electrons. The second-order valence-corrected chi connectivity index (χ2v) is 8.71. The van der Waals surface area contributed by atoms with E-state index in [1.807, 2.05) is 13.1 Å². The third-order valence-corrected chi connectivity index (χ3v) is 6.29. The lowest BCUT2D eigenvalue weighted by atomic mass is 9.88. The quantitative estimate of drug-likeness (QED) is 0.245. The van der Waals surface area contributed by atoms with Gasteiger partial charge in [0.15, 0.2) is 5.96 Å². The number of ether oxygens (including phenoxy) is 2. The highest BCUT2D eigenvalue weighted by atomic mass is 127. The summed E-state index contributed by atoms with van der Waals surface area (Å²) in [4.78, 5) is 4.48. The van der Waals surface area contributed by atoms with E-state index in [-0.39, 0.29) is 41.6 Å². The van der Waals surface area contributed by atoms with Crippen molar-refractivity contribution < 1.29 is 9.47 Å². The molecule has 1 fully saturated rings. The lowest BCUT2D eigenvalue weighted by Gasteiger charge is -2.41. The van der Waals surface area contributed by atoms with Gasteiger partial charge < -0.3 is 25.4 Å². The van der Waals surface area contributed by atoms with E-state index in [4.69, 9.17) is 9.47 Å². The molecule has 2 aromatic carbocycles. The smallest absolute Gasteiger partial charge is 0.191 e. The molecule has 2 aromatic rings. The lowest BCUT2D eigenvalue weighted by molar-refractivity contribution is 0.0354. The Morgan fingerprint density at radius 2 is 1.79 bits per heavy atom. The van der Waals surface area contributed by atoms with Crippen LogP contribution in [0.4, 0.5) is 0 Å². The Morgan fingerprint density at radius 1 is 1.09 bits per heavy atom. The van der Waals surface area contributed by atoms with Crippen molar-refractivity contribution in [1.29, 1.82) is 0 Å². The van der Waals surface area contributed by atoms with E-state index in [0.717, 1.165) is 49.9 Å². The average Bonchev–Trinajstić information content (AvgIpc) is 2.82. The highest BCUT2D eigenvalue weighted by Gasteiger charge is 2.34. The Kier molecular flexibility index (Phi) is 10.9. The summed E-state index contributed by atoms with van der Waals surface area (Å²) >= 11 is 0. The standard InChI is InChI=1S/C26H38N4O2.HI/c1-19-11-12-24(31-5)23(17-19)21(3)29-25(27-4)28-18-26(13-15-32-16-14-26)30-20(2)22-9-7-6-8-10-22;/h6-12,17,20-21,30H,13-16,18H2,1-5H3,(H2,27,28,29);1H. The van der Waals surface area contributed by atoms with Gasteiger partial charge in [0.05, 0.1) is 13.2 Å². The third kappa shape index (κ3) is 7.58. The first-order valence-electron chi connectivity index (χ1n) is 11.5. The van der Waals surface area contributed by atoms with Crippen molar-refractivity contribution >= 4 is 29.9 Å². The molecule has 3 N–H and O–H groups in total. The van der Waals surface area contributed by atoms with Crippen LogP contribution in [-0.4, -0.2) is 45.4 Å². The molecule has 0 radical (unpaired) electrons. The largest absolute Gasteiger partial charge is 0.496 e. The van der Waals surface area contributed by atoms with Crippen LogP contribution >= 0.6 is 24.0 Å². The fourth-order valence-corrected chi connectivity index (χ4v) is 4.34. The van der Waals surface area contributed by atoms with Crippen molar-refractivity contribution in [2.75, 3.05) is 33.9 Å². The van der Waals surface area contributed by atoms with Gasteiger partial charge in [-0.15, -0.1) is 24.0 Å². The molecule has 0 aliphatic carbocycles. The van der Waals surface area contributed by atoms with Crippen molar-refractivity contribution in [2.24, 2.45) is 4.99 Å². The number of rotatable bonds is 8. The molecule has 7 heteroatoms. The van der Waals surface area contributed by atoms with E-state index in [1.165, 1.54) is 11.1 Å². The Labute approximate surface area is 216 Å². The topological polar surface area (TPSA) is 66.9 Å². The zero-order chi connectivity index (χ0) is 23.0. The molecule has 0 bridgehead atoms. The van der Waals surface area contributed by atoms with Gasteiger partial charge in [0.25, 0.3) is 0 Å². The number of aryl methyl sites for hydroxylation is 1. The van der Waals surface area contributed by atoms with Crippen molar-refractivity contribution in [3.05, 3.63) is 65.2 Å². The second kappa shape index (κ2) is 13.2. The molecule has 1 aliphatic rings. The van der Waals surface area contributed by atoms with Gasteiger partial charge in [-0.3, -0.25) is 4.99 Å². The van der Waals surface area contributed by atoms with Crippen LogP contribution in [-0.2, 0) is 4.74 Å². The summed E-state index contributed by atoms with van der Waals surface area (Å²) in [5, 5.41) is 11.0. The summed E-state index contributed by atoms with van der Waals surface area (Å²) in [6.07, 6.45) is 1.91. The molecular weight excluding hydrogens is 527 g/mol. The van der Waals surface area contributed by atoms with Crippen molar-refractivity contribution in [2.45, 2.75) is 51.2 Å². The van der Waals surface area contributed by atoms with E-state index in [1.54, 1.807) is 7.11 Å². The molecule has 6 nitrogen and oxygen atoms in total. The van der Waals surface area contributed by atoms with Crippen molar-refractivity contribution in [1.82, 2.24) is 16.0 Å². The molecule has 3 rings (SSSR count). The fraction of sp³-hybridized carbons (Fsp3) is 0.500. The van der Waals surface area contributed by atoms with E-state index in [9.17, 15) is 0 Å². The number of benzene rings is 2. The Hall–Kier alpha value is -1.84. The van der Waals surface area contributed by atoms with Crippen LogP contribution in [0.2, 0.25) is 0 Å². The van der Waals surface area contributed by atoms with Crippen molar-refractivity contribution in [3.8, 4) is 5.75 Å². The number of hydrogen-bond acceptors (Lipinski definition) is 4. The molecule has 0 saturated carbocycles. The van der Waals surface area contributed by atoms with Crippen LogP contribution < -0.4 is 20.7 Å². The highest BCUT2D eigenvalue weighted by Crippen LogP contribution is 2.27. The van der Waals surface area contributed by atoms with Gasteiger partial charge >= 0.3 is 0 Å². The summed E-state index contributed by atoms with van der Waals surface area (Å²) < 4.78 is 11.2. The monoisotopic (exact) mass is 566 g/mol. The van der Waals surface area contributed by atoms with Crippen LogP contribution in [0.1, 0.15) is 55.5 Å². The number of hydrogen-bond donors (Lipinski definition) is 3. The van der Waals surface area contributed by atoms with E-state index >= 15 is 0 Å². The molecule has 1 aliphatic heterocycles. The van der Waals surface area contributed by atoms with E-state index in [0.29, 0.717) is 0 Å². The number of guanidine groups is 1. The summed E-state index contributed by atoms with van der Waals surface area (Å²) in [7, 11) is 3.52. The van der Waals surface area contributed by atoms with E-state index in [2.05, 4.69) is 84.2 Å².